The Morgan fingerprint density at radius 3 is 2.92 bits per heavy atom. The molecule has 0 bridgehead atoms. The molecule has 0 aliphatic rings. The highest BCUT2D eigenvalue weighted by atomic mass is 79.9. The molecule has 0 amide bonds. The van der Waals surface area contributed by atoms with Crippen molar-refractivity contribution < 1.29 is 5.21 Å². The number of alkyl halides is 1. The zero-order valence-electron chi connectivity index (χ0n) is 6.17. The van der Waals surface area contributed by atoms with Crippen LogP contribution >= 0.6 is 27.5 Å². The molecular formula is C8H7BrClNO. The minimum Gasteiger partial charge on any atom is -0.410 e. The Morgan fingerprint density at radius 2 is 2.33 bits per heavy atom. The van der Waals surface area contributed by atoms with E-state index in [4.69, 9.17) is 16.8 Å². The molecule has 1 rings (SSSR count). The maximum absolute atomic E-state index is 8.40. The van der Waals surface area contributed by atoms with Crippen molar-refractivity contribution in [3.05, 3.63) is 35.4 Å². The molecule has 0 spiro atoms. The smallest absolute Gasteiger partial charge is 0.175 e. The van der Waals surface area contributed by atoms with Crippen LogP contribution in [0, 0.1) is 0 Å². The summed E-state index contributed by atoms with van der Waals surface area (Å²) in [6.07, 6.45) is 0. The van der Waals surface area contributed by atoms with E-state index in [0.29, 0.717) is 0 Å². The van der Waals surface area contributed by atoms with Gasteiger partial charge in [0.2, 0.25) is 0 Å². The van der Waals surface area contributed by atoms with Gasteiger partial charge in [0, 0.05) is 10.9 Å². The zero-order valence-corrected chi connectivity index (χ0v) is 8.51. The van der Waals surface area contributed by atoms with Gasteiger partial charge in [0.1, 0.15) is 0 Å². The standard InChI is InChI=1S/C8H7BrClNO/c9-5-6-2-1-3-7(4-6)8(10)11-12/h1-4,12H,5H2. The largest absolute Gasteiger partial charge is 0.410 e. The molecule has 0 heterocycles. The second kappa shape index (κ2) is 4.48. The highest BCUT2D eigenvalue weighted by molar-refractivity contribution is 9.08. The molecule has 4 heteroatoms. The second-order valence-corrected chi connectivity index (χ2v) is 3.14. The van der Waals surface area contributed by atoms with Gasteiger partial charge >= 0.3 is 0 Å². The van der Waals surface area contributed by atoms with E-state index >= 15 is 0 Å². The van der Waals surface area contributed by atoms with Crippen LogP contribution in [0.4, 0.5) is 0 Å². The normalized spacial score (nSPS) is 11.7. The van der Waals surface area contributed by atoms with Crippen LogP contribution in [0.1, 0.15) is 11.1 Å². The maximum Gasteiger partial charge on any atom is 0.175 e. The monoisotopic (exact) mass is 247 g/mol. The summed E-state index contributed by atoms with van der Waals surface area (Å²) in [5, 5.41) is 12.2. The molecule has 0 unspecified atom stereocenters. The lowest BCUT2D eigenvalue weighted by molar-refractivity contribution is 0.321. The molecule has 1 aromatic rings. The molecule has 0 aliphatic heterocycles. The van der Waals surface area contributed by atoms with Gasteiger partial charge in [-0.2, -0.15) is 0 Å². The second-order valence-electron chi connectivity index (χ2n) is 2.22. The summed E-state index contributed by atoms with van der Waals surface area (Å²) >= 11 is 8.92. The summed E-state index contributed by atoms with van der Waals surface area (Å²) < 4.78 is 0. The molecule has 0 aliphatic carbocycles. The molecule has 64 valence electrons. The molecule has 0 fully saturated rings. The van der Waals surface area contributed by atoms with Crippen molar-refractivity contribution in [2.45, 2.75) is 5.33 Å². The number of hydrogen-bond acceptors (Lipinski definition) is 2. The fraction of sp³-hybridized carbons (Fsp3) is 0.125. The number of oxime groups is 1. The number of benzene rings is 1. The van der Waals surface area contributed by atoms with Gasteiger partial charge in [0.05, 0.1) is 0 Å². The molecule has 0 saturated carbocycles. The summed E-state index contributed by atoms with van der Waals surface area (Å²) in [5.74, 6) is 0. The van der Waals surface area contributed by atoms with Crippen molar-refractivity contribution in [1.29, 1.82) is 0 Å². The number of rotatable bonds is 2. The molecule has 2 nitrogen and oxygen atoms in total. The van der Waals surface area contributed by atoms with Crippen LogP contribution < -0.4 is 0 Å². The molecule has 1 N–H and O–H groups in total. The summed E-state index contributed by atoms with van der Waals surface area (Å²) in [7, 11) is 0. The average molecular weight is 249 g/mol. The third-order valence-corrected chi connectivity index (χ3v) is 2.35. The van der Waals surface area contributed by atoms with E-state index < -0.39 is 0 Å². The summed E-state index contributed by atoms with van der Waals surface area (Å²) in [6.45, 7) is 0. The molecule has 12 heavy (non-hydrogen) atoms. The molecule has 0 radical (unpaired) electrons. The molecule has 1 aromatic carbocycles. The Bertz CT molecular complexity index is 301. The minimum absolute atomic E-state index is 0.109. The lowest BCUT2D eigenvalue weighted by Crippen LogP contribution is -1.91. The minimum atomic E-state index is 0.109. The summed E-state index contributed by atoms with van der Waals surface area (Å²) in [6, 6.07) is 7.46. The van der Waals surface area contributed by atoms with E-state index in [9.17, 15) is 0 Å². The summed E-state index contributed by atoms with van der Waals surface area (Å²) in [5.41, 5.74) is 1.81. The van der Waals surface area contributed by atoms with Crippen molar-refractivity contribution in [3.63, 3.8) is 0 Å². The highest BCUT2D eigenvalue weighted by Gasteiger charge is 1.99. The average Bonchev–Trinajstić information content (AvgIpc) is 2.17. The predicted molar refractivity (Wildman–Crippen MR) is 53.2 cm³/mol. The van der Waals surface area contributed by atoms with Gasteiger partial charge in [-0.15, -0.1) is 0 Å². The van der Waals surface area contributed by atoms with Crippen LogP contribution in [0.15, 0.2) is 29.4 Å². The molecule has 0 saturated heterocycles. The van der Waals surface area contributed by atoms with Crippen LogP contribution in [0.5, 0.6) is 0 Å². The fourth-order valence-electron chi connectivity index (χ4n) is 0.841. The van der Waals surface area contributed by atoms with E-state index in [1.165, 1.54) is 0 Å². The first-order valence-electron chi connectivity index (χ1n) is 3.30. The van der Waals surface area contributed by atoms with Gasteiger partial charge in [0.15, 0.2) is 5.17 Å². The van der Waals surface area contributed by atoms with Crippen LogP contribution in [-0.4, -0.2) is 10.4 Å². The Morgan fingerprint density at radius 1 is 1.58 bits per heavy atom. The van der Waals surface area contributed by atoms with Crippen molar-refractivity contribution >= 4 is 32.7 Å². The maximum atomic E-state index is 8.40. The Labute approximate surface area is 84.0 Å². The Kier molecular flexibility index (Phi) is 3.56. The Hall–Kier alpha value is -0.540. The topological polar surface area (TPSA) is 32.6 Å². The SMILES string of the molecule is ON=C(Cl)c1cccc(CBr)c1. The van der Waals surface area contributed by atoms with Gasteiger partial charge in [-0.25, -0.2) is 0 Å². The van der Waals surface area contributed by atoms with Crippen molar-refractivity contribution in [1.82, 2.24) is 0 Å². The van der Waals surface area contributed by atoms with E-state index in [0.717, 1.165) is 16.5 Å². The highest BCUT2D eigenvalue weighted by Crippen LogP contribution is 2.11. The van der Waals surface area contributed by atoms with E-state index in [1.54, 1.807) is 6.07 Å². The van der Waals surface area contributed by atoms with Crippen LogP contribution in [0.2, 0.25) is 0 Å². The molecule has 0 atom stereocenters. The third-order valence-electron chi connectivity index (χ3n) is 1.41. The van der Waals surface area contributed by atoms with Crippen molar-refractivity contribution in [2.24, 2.45) is 5.16 Å². The van der Waals surface area contributed by atoms with Crippen LogP contribution in [0.3, 0.4) is 0 Å². The zero-order chi connectivity index (χ0) is 8.97. The first-order chi connectivity index (χ1) is 5.77. The third kappa shape index (κ3) is 2.22. The predicted octanol–water partition coefficient (Wildman–Crippen LogP) is 2.96. The Balaban J connectivity index is 3.02. The van der Waals surface area contributed by atoms with Gasteiger partial charge in [-0.1, -0.05) is 50.9 Å². The van der Waals surface area contributed by atoms with Crippen LogP contribution in [-0.2, 0) is 5.33 Å². The number of halogens is 2. The van der Waals surface area contributed by atoms with E-state index in [-0.39, 0.29) is 5.17 Å². The lowest BCUT2D eigenvalue weighted by atomic mass is 10.1. The van der Waals surface area contributed by atoms with Crippen molar-refractivity contribution in [3.8, 4) is 0 Å². The van der Waals surface area contributed by atoms with Crippen LogP contribution in [0.25, 0.3) is 0 Å². The number of nitrogens with zero attached hydrogens (tertiary/aromatic N) is 1. The quantitative estimate of drug-likeness (QED) is 0.371. The van der Waals surface area contributed by atoms with Gasteiger partial charge in [0.25, 0.3) is 0 Å². The van der Waals surface area contributed by atoms with Gasteiger partial charge in [-0.05, 0) is 11.6 Å². The van der Waals surface area contributed by atoms with Gasteiger partial charge < -0.3 is 5.21 Å². The first kappa shape index (κ1) is 9.55. The summed E-state index contributed by atoms with van der Waals surface area (Å²) in [4.78, 5) is 0. The van der Waals surface area contributed by atoms with E-state index in [2.05, 4.69) is 21.1 Å². The van der Waals surface area contributed by atoms with Gasteiger partial charge in [-0.3, -0.25) is 0 Å². The fourth-order valence-corrected chi connectivity index (χ4v) is 1.31. The van der Waals surface area contributed by atoms with Crippen molar-refractivity contribution in [2.75, 3.05) is 0 Å². The lowest BCUT2D eigenvalue weighted by Gasteiger charge is -1.98. The van der Waals surface area contributed by atoms with E-state index in [1.807, 2.05) is 18.2 Å². The number of hydrogen-bond donors (Lipinski definition) is 1. The molecule has 0 aromatic heterocycles. The molecular weight excluding hydrogens is 241 g/mol. The first-order valence-corrected chi connectivity index (χ1v) is 4.80.